The molecule has 0 spiro atoms. The van der Waals surface area contributed by atoms with Crippen LogP contribution in [0.3, 0.4) is 0 Å². The predicted octanol–water partition coefficient (Wildman–Crippen LogP) is -0.149. The number of aromatic nitrogens is 2. The molecule has 0 bridgehead atoms. The standard InChI is InChI=1S/C16H23N5O5/c1-25-10-8-19-16(24)20-13(22)11-26-14(23)12-5-2-3-9-21(12)15-17-6-4-7-18-15/h4,6-7,12H,2-3,5,8-11H2,1H3,(H2,19,20,22,24). The molecule has 1 fully saturated rings. The Kier molecular flexibility index (Phi) is 7.75. The SMILES string of the molecule is COCCNC(=O)NC(=O)COC(=O)C1CCCCN1c1ncccn1. The Hall–Kier alpha value is -2.75. The van der Waals surface area contributed by atoms with Gasteiger partial charge in [0.1, 0.15) is 6.04 Å². The molecule has 2 heterocycles. The van der Waals surface area contributed by atoms with E-state index in [9.17, 15) is 14.4 Å². The van der Waals surface area contributed by atoms with E-state index in [1.807, 2.05) is 0 Å². The minimum absolute atomic E-state index is 0.267. The molecule has 2 rings (SSSR count). The Morgan fingerprint density at radius 1 is 1.27 bits per heavy atom. The molecule has 1 aliphatic rings. The number of piperidine rings is 1. The van der Waals surface area contributed by atoms with Crippen LogP contribution in [0.4, 0.5) is 10.7 Å². The molecule has 1 atom stereocenters. The highest BCUT2D eigenvalue weighted by Gasteiger charge is 2.32. The lowest BCUT2D eigenvalue weighted by molar-refractivity contribution is -0.150. The van der Waals surface area contributed by atoms with E-state index in [4.69, 9.17) is 9.47 Å². The van der Waals surface area contributed by atoms with Gasteiger partial charge in [-0.15, -0.1) is 0 Å². The van der Waals surface area contributed by atoms with Gasteiger partial charge in [-0.2, -0.15) is 0 Å². The maximum absolute atomic E-state index is 12.4. The van der Waals surface area contributed by atoms with Gasteiger partial charge in [0.05, 0.1) is 6.61 Å². The first-order valence-electron chi connectivity index (χ1n) is 8.38. The summed E-state index contributed by atoms with van der Waals surface area (Å²) in [4.78, 5) is 45.6. The number of amides is 3. The van der Waals surface area contributed by atoms with Gasteiger partial charge in [-0.3, -0.25) is 10.1 Å². The third-order valence-electron chi connectivity index (χ3n) is 3.77. The topological polar surface area (TPSA) is 123 Å². The summed E-state index contributed by atoms with van der Waals surface area (Å²) in [6.45, 7) is 0.702. The van der Waals surface area contributed by atoms with Gasteiger partial charge >= 0.3 is 12.0 Å². The third kappa shape index (κ3) is 5.96. The van der Waals surface area contributed by atoms with Crippen LogP contribution in [0.15, 0.2) is 18.5 Å². The number of carbonyl (C=O) groups is 3. The number of ether oxygens (including phenoxy) is 2. The summed E-state index contributed by atoms with van der Waals surface area (Å²) in [6.07, 6.45) is 5.60. The molecule has 1 unspecified atom stereocenters. The Labute approximate surface area is 151 Å². The highest BCUT2D eigenvalue weighted by molar-refractivity contribution is 5.95. The molecular weight excluding hydrogens is 342 g/mol. The molecule has 1 aromatic rings. The molecule has 26 heavy (non-hydrogen) atoms. The Morgan fingerprint density at radius 2 is 2.04 bits per heavy atom. The van der Waals surface area contributed by atoms with Crippen molar-refractivity contribution in [2.75, 3.05) is 38.3 Å². The lowest BCUT2D eigenvalue weighted by Gasteiger charge is -2.33. The van der Waals surface area contributed by atoms with Crippen molar-refractivity contribution >= 4 is 23.9 Å². The van der Waals surface area contributed by atoms with Crippen LogP contribution in [0.25, 0.3) is 0 Å². The quantitative estimate of drug-likeness (QED) is 0.505. The van der Waals surface area contributed by atoms with E-state index >= 15 is 0 Å². The molecule has 3 amide bonds. The van der Waals surface area contributed by atoms with Gasteiger partial charge < -0.3 is 19.7 Å². The van der Waals surface area contributed by atoms with Gasteiger partial charge in [-0.05, 0) is 25.3 Å². The molecule has 2 N–H and O–H groups in total. The summed E-state index contributed by atoms with van der Waals surface area (Å²) in [7, 11) is 1.50. The fourth-order valence-corrected chi connectivity index (χ4v) is 2.56. The summed E-state index contributed by atoms with van der Waals surface area (Å²) in [5.41, 5.74) is 0. The maximum Gasteiger partial charge on any atom is 0.329 e. The average Bonchev–Trinajstić information content (AvgIpc) is 2.67. The zero-order valence-electron chi connectivity index (χ0n) is 14.6. The van der Waals surface area contributed by atoms with Crippen LogP contribution in [0.1, 0.15) is 19.3 Å². The number of esters is 1. The van der Waals surface area contributed by atoms with Crippen molar-refractivity contribution < 1.29 is 23.9 Å². The zero-order valence-corrected chi connectivity index (χ0v) is 14.6. The highest BCUT2D eigenvalue weighted by Crippen LogP contribution is 2.22. The summed E-state index contributed by atoms with van der Waals surface area (Å²) in [5.74, 6) is -0.783. The van der Waals surface area contributed by atoms with E-state index in [0.29, 0.717) is 25.5 Å². The molecular formula is C16H23N5O5. The van der Waals surface area contributed by atoms with Crippen molar-refractivity contribution in [1.82, 2.24) is 20.6 Å². The first-order valence-corrected chi connectivity index (χ1v) is 8.38. The van der Waals surface area contributed by atoms with Crippen molar-refractivity contribution in [2.24, 2.45) is 0 Å². The average molecular weight is 365 g/mol. The number of urea groups is 1. The lowest BCUT2D eigenvalue weighted by atomic mass is 10.0. The van der Waals surface area contributed by atoms with Gasteiger partial charge in [0.25, 0.3) is 5.91 Å². The smallest absolute Gasteiger partial charge is 0.329 e. The van der Waals surface area contributed by atoms with E-state index in [1.165, 1.54) is 7.11 Å². The number of nitrogens with one attached hydrogen (secondary N) is 2. The number of hydrogen-bond acceptors (Lipinski definition) is 8. The molecule has 10 heteroatoms. The van der Waals surface area contributed by atoms with Gasteiger partial charge in [-0.25, -0.2) is 19.6 Å². The normalized spacial score (nSPS) is 16.7. The number of methoxy groups -OCH3 is 1. The van der Waals surface area contributed by atoms with Crippen molar-refractivity contribution in [3.63, 3.8) is 0 Å². The van der Waals surface area contributed by atoms with Crippen LogP contribution in [0.5, 0.6) is 0 Å². The number of hydrogen-bond donors (Lipinski definition) is 2. The Bertz CT molecular complexity index is 612. The number of rotatable bonds is 7. The summed E-state index contributed by atoms with van der Waals surface area (Å²) in [5, 5.41) is 4.51. The minimum Gasteiger partial charge on any atom is -0.454 e. The molecule has 142 valence electrons. The lowest BCUT2D eigenvalue weighted by Crippen LogP contribution is -2.48. The molecule has 1 aliphatic heterocycles. The molecule has 0 saturated carbocycles. The molecule has 1 saturated heterocycles. The number of nitrogens with zero attached hydrogens (tertiary/aromatic N) is 3. The van der Waals surface area contributed by atoms with E-state index in [0.717, 1.165) is 12.8 Å². The molecule has 0 radical (unpaired) electrons. The number of imide groups is 1. The fourth-order valence-electron chi connectivity index (χ4n) is 2.56. The first kappa shape index (κ1) is 19.6. The maximum atomic E-state index is 12.4. The van der Waals surface area contributed by atoms with E-state index in [-0.39, 0.29) is 6.54 Å². The molecule has 0 aliphatic carbocycles. The second kappa shape index (κ2) is 10.3. The van der Waals surface area contributed by atoms with Crippen LogP contribution in [-0.2, 0) is 19.1 Å². The fraction of sp³-hybridized carbons (Fsp3) is 0.562. The third-order valence-corrected chi connectivity index (χ3v) is 3.77. The van der Waals surface area contributed by atoms with Crippen molar-refractivity contribution in [3.8, 4) is 0 Å². The molecule has 10 nitrogen and oxygen atoms in total. The van der Waals surface area contributed by atoms with Gasteiger partial charge in [-0.1, -0.05) is 0 Å². The second-order valence-electron chi connectivity index (χ2n) is 5.66. The second-order valence-corrected chi connectivity index (χ2v) is 5.66. The van der Waals surface area contributed by atoms with Crippen LogP contribution < -0.4 is 15.5 Å². The van der Waals surface area contributed by atoms with Crippen molar-refractivity contribution in [2.45, 2.75) is 25.3 Å². The van der Waals surface area contributed by atoms with Crippen LogP contribution in [-0.4, -0.2) is 67.3 Å². The van der Waals surface area contributed by atoms with Gasteiger partial charge in [0.2, 0.25) is 5.95 Å². The van der Waals surface area contributed by atoms with Crippen LogP contribution in [0.2, 0.25) is 0 Å². The summed E-state index contributed by atoms with van der Waals surface area (Å²) >= 11 is 0. The predicted molar refractivity (Wildman–Crippen MR) is 91.4 cm³/mol. The minimum atomic E-state index is -0.702. The Morgan fingerprint density at radius 3 is 2.77 bits per heavy atom. The van der Waals surface area contributed by atoms with E-state index in [1.54, 1.807) is 23.4 Å². The molecule has 1 aromatic heterocycles. The largest absolute Gasteiger partial charge is 0.454 e. The Balaban J connectivity index is 1.82. The van der Waals surface area contributed by atoms with Crippen molar-refractivity contribution in [1.29, 1.82) is 0 Å². The summed E-state index contributed by atoms with van der Waals surface area (Å²) in [6, 6.07) is 0.484. The molecule has 0 aromatic carbocycles. The van der Waals surface area contributed by atoms with Gasteiger partial charge in [0, 0.05) is 32.6 Å². The van der Waals surface area contributed by atoms with Crippen LogP contribution >= 0.6 is 0 Å². The van der Waals surface area contributed by atoms with Gasteiger partial charge in [0.15, 0.2) is 6.61 Å². The van der Waals surface area contributed by atoms with E-state index < -0.39 is 30.6 Å². The highest BCUT2D eigenvalue weighted by atomic mass is 16.5. The number of carbonyl (C=O) groups excluding carboxylic acids is 3. The zero-order chi connectivity index (χ0) is 18.8. The number of anilines is 1. The van der Waals surface area contributed by atoms with Crippen LogP contribution in [0, 0.1) is 0 Å². The van der Waals surface area contributed by atoms with Crippen molar-refractivity contribution in [3.05, 3.63) is 18.5 Å². The van der Waals surface area contributed by atoms with E-state index in [2.05, 4.69) is 20.6 Å². The first-order chi connectivity index (χ1) is 12.6. The monoisotopic (exact) mass is 365 g/mol. The summed E-state index contributed by atoms with van der Waals surface area (Å²) < 4.78 is 9.85.